The molecule has 2 aliphatic rings. The van der Waals surface area contributed by atoms with E-state index in [4.69, 9.17) is 0 Å². The molecule has 2 heterocycles. The second-order valence-corrected chi connectivity index (χ2v) is 4.36. The Morgan fingerprint density at radius 1 is 1.57 bits per heavy atom. The molecule has 74 valence electrons. The number of rotatable bonds is 2. The Bertz CT molecular complexity index is 375. The number of hydrogen-bond donors (Lipinski definition) is 0. The first-order chi connectivity index (χ1) is 6.75. The van der Waals surface area contributed by atoms with Crippen LogP contribution in [0.3, 0.4) is 0 Å². The van der Waals surface area contributed by atoms with E-state index in [1.54, 1.807) is 0 Å². The highest BCUT2D eigenvalue weighted by Crippen LogP contribution is 2.39. The van der Waals surface area contributed by atoms with Gasteiger partial charge in [-0.15, -0.1) is 5.10 Å². The van der Waals surface area contributed by atoms with E-state index >= 15 is 0 Å². The number of aryl methyl sites for hydroxylation is 2. The molecule has 0 bridgehead atoms. The van der Waals surface area contributed by atoms with Crippen LogP contribution in [0, 0.1) is 11.8 Å². The van der Waals surface area contributed by atoms with Gasteiger partial charge in [-0.1, -0.05) is 6.92 Å². The maximum absolute atomic E-state index is 11.8. The molecule has 0 saturated heterocycles. The van der Waals surface area contributed by atoms with Gasteiger partial charge in [-0.2, -0.15) is 0 Å². The summed E-state index contributed by atoms with van der Waals surface area (Å²) in [6.07, 6.45) is 3.10. The van der Waals surface area contributed by atoms with Crippen molar-refractivity contribution in [3.8, 4) is 0 Å². The van der Waals surface area contributed by atoms with Crippen LogP contribution < -0.4 is 0 Å². The predicted octanol–water partition coefficient (Wildman–Crippen LogP) is 1.06. The van der Waals surface area contributed by atoms with E-state index in [1.165, 1.54) is 0 Å². The van der Waals surface area contributed by atoms with Gasteiger partial charge >= 0.3 is 0 Å². The van der Waals surface area contributed by atoms with Crippen molar-refractivity contribution in [1.82, 2.24) is 14.8 Å². The van der Waals surface area contributed by atoms with E-state index in [9.17, 15) is 4.79 Å². The molecular formula is C10H13N3O. The highest BCUT2D eigenvalue weighted by Gasteiger charge is 2.41. The summed E-state index contributed by atoms with van der Waals surface area (Å²) < 4.78 is 1.88. The average Bonchev–Trinajstić information content (AvgIpc) is 2.62. The third kappa shape index (κ3) is 1.10. The van der Waals surface area contributed by atoms with E-state index in [1.807, 2.05) is 4.68 Å². The summed E-state index contributed by atoms with van der Waals surface area (Å²) in [5.74, 6) is 2.34. The zero-order chi connectivity index (χ0) is 9.71. The Balaban J connectivity index is 1.86. The molecule has 1 saturated carbocycles. The number of carbonyl (C=O) groups excluding carboxylic acids is 1. The van der Waals surface area contributed by atoms with E-state index in [2.05, 4.69) is 17.0 Å². The molecule has 4 heteroatoms. The number of aromatic nitrogens is 3. The van der Waals surface area contributed by atoms with Crippen molar-refractivity contribution in [2.75, 3.05) is 0 Å². The van der Waals surface area contributed by atoms with E-state index in [0.29, 0.717) is 11.7 Å². The molecule has 3 rings (SSSR count). The van der Waals surface area contributed by atoms with Crippen LogP contribution in [0.2, 0.25) is 0 Å². The van der Waals surface area contributed by atoms with Crippen molar-refractivity contribution in [2.45, 2.75) is 32.7 Å². The Labute approximate surface area is 82.3 Å². The largest absolute Gasteiger partial charge is 0.290 e. The highest BCUT2D eigenvalue weighted by molar-refractivity contribution is 5.96. The van der Waals surface area contributed by atoms with Gasteiger partial charge in [0.05, 0.1) is 0 Å². The number of ketones is 1. The number of carbonyl (C=O) groups is 1. The molecule has 0 aromatic carbocycles. The normalized spacial score (nSPS) is 28.9. The van der Waals surface area contributed by atoms with Crippen LogP contribution in [-0.4, -0.2) is 20.5 Å². The molecule has 4 nitrogen and oxygen atoms in total. The molecule has 0 radical (unpaired) electrons. The summed E-state index contributed by atoms with van der Waals surface area (Å²) in [4.78, 5) is 16.1. The van der Waals surface area contributed by atoms with Crippen LogP contribution in [0.4, 0.5) is 0 Å². The van der Waals surface area contributed by atoms with Gasteiger partial charge in [-0.25, -0.2) is 9.67 Å². The highest BCUT2D eigenvalue weighted by atomic mass is 16.1. The quantitative estimate of drug-likeness (QED) is 0.657. The minimum Gasteiger partial charge on any atom is -0.290 e. The van der Waals surface area contributed by atoms with Gasteiger partial charge in [0.1, 0.15) is 5.82 Å². The SMILES string of the molecule is CC1CC1C(=O)c1nc2n(n1)CCC2. The molecule has 1 aliphatic carbocycles. The fraction of sp³-hybridized carbons (Fsp3) is 0.700. The van der Waals surface area contributed by atoms with Crippen molar-refractivity contribution < 1.29 is 4.79 Å². The van der Waals surface area contributed by atoms with Crippen molar-refractivity contribution >= 4 is 5.78 Å². The zero-order valence-corrected chi connectivity index (χ0v) is 8.23. The Hall–Kier alpha value is -1.19. The summed E-state index contributed by atoms with van der Waals surface area (Å²) in [7, 11) is 0. The minimum atomic E-state index is 0.152. The molecule has 2 unspecified atom stereocenters. The third-order valence-corrected chi connectivity index (χ3v) is 3.19. The Kier molecular flexibility index (Phi) is 1.54. The van der Waals surface area contributed by atoms with Crippen LogP contribution in [0.25, 0.3) is 0 Å². The van der Waals surface area contributed by atoms with Gasteiger partial charge in [-0.3, -0.25) is 4.79 Å². The number of nitrogens with zero attached hydrogens (tertiary/aromatic N) is 3. The number of fused-ring (bicyclic) bond motifs is 1. The van der Waals surface area contributed by atoms with Gasteiger partial charge in [-0.05, 0) is 18.8 Å². The first kappa shape index (κ1) is 8.15. The molecular weight excluding hydrogens is 178 g/mol. The van der Waals surface area contributed by atoms with E-state index in [0.717, 1.165) is 31.6 Å². The van der Waals surface area contributed by atoms with Crippen LogP contribution in [0.1, 0.15) is 36.2 Å². The average molecular weight is 191 g/mol. The monoisotopic (exact) mass is 191 g/mol. The van der Waals surface area contributed by atoms with Crippen LogP contribution >= 0.6 is 0 Å². The second-order valence-electron chi connectivity index (χ2n) is 4.36. The minimum absolute atomic E-state index is 0.152. The summed E-state index contributed by atoms with van der Waals surface area (Å²) in [5.41, 5.74) is 0. The summed E-state index contributed by atoms with van der Waals surface area (Å²) >= 11 is 0. The Morgan fingerprint density at radius 3 is 3.00 bits per heavy atom. The van der Waals surface area contributed by atoms with Gasteiger partial charge in [0, 0.05) is 18.9 Å². The van der Waals surface area contributed by atoms with Gasteiger partial charge in [0.25, 0.3) is 0 Å². The van der Waals surface area contributed by atoms with E-state index < -0.39 is 0 Å². The molecule has 0 N–H and O–H groups in total. The van der Waals surface area contributed by atoms with Crippen molar-refractivity contribution in [3.63, 3.8) is 0 Å². The molecule has 1 aromatic rings. The third-order valence-electron chi connectivity index (χ3n) is 3.19. The van der Waals surface area contributed by atoms with Gasteiger partial charge in [0.15, 0.2) is 0 Å². The molecule has 0 amide bonds. The number of Topliss-reactive ketones (excluding diaryl/α,β-unsaturated/α-hetero) is 1. The summed E-state index contributed by atoms with van der Waals surface area (Å²) in [6.45, 7) is 3.03. The van der Waals surface area contributed by atoms with Crippen LogP contribution in [0.15, 0.2) is 0 Å². The zero-order valence-electron chi connectivity index (χ0n) is 8.23. The predicted molar refractivity (Wildman–Crippen MR) is 49.9 cm³/mol. The molecule has 14 heavy (non-hydrogen) atoms. The lowest BCUT2D eigenvalue weighted by molar-refractivity contribution is 0.0951. The second kappa shape index (κ2) is 2.65. The topological polar surface area (TPSA) is 47.8 Å². The van der Waals surface area contributed by atoms with Crippen molar-refractivity contribution in [1.29, 1.82) is 0 Å². The lowest BCUT2D eigenvalue weighted by atomic mass is 10.2. The van der Waals surface area contributed by atoms with Crippen LogP contribution in [-0.2, 0) is 13.0 Å². The summed E-state index contributed by atoms with van der Waals surface area (Å²) in [5, 5.41) is 4.24. The molecule has 0 spiro atoms. The molecule has 1 fully saturated rings. The first-order valence-electron chi connectivity index (χ1n) is 5.23. The van der Waals surface area contributed by atoms with E-state index in [-0.39, 0.29) is 11.7 Å². The van der Waals surface area contributed by atoms with Crippen molar-refractivity contribution in [3.05, 3.63) is 11.6 Å². The fourth-order valence-electron chi connectivity index (χ4n) is 2.08. The number of hydrogen-bond acceptors (Lipinski definition) is 3. The lowest BCUT2D eigenvalue weighted by Gasteiger charge is -1.91. The first-order valence-corrected chi connectivity index (χ1v) is 5.23. The smallest absolute Gasteiger partial charge is 0.217 e. The Morgan fingerprint density at radius 2 is 2.36 bits per heavy atom. The maximum atomic E-state index is 11.8. The lowest BCUT2D eigenvalue weighted by Crippen LogP contribution is -2.07. The van der Waals surface area contributed by atoms with Crippen molar-refractivity contribution in [2.24, 2.45) is 11.8 Å². The molecule has 1 aromatic heterocycles. The standard InChI is InChI=1S/C10H13N3O/c1-6-5-7(6)9(14)10-11-8-3-2-4-13(8)12-10/h6-7H,2-5H2,1H3. The fourth-order valence-corrected chi connectivity index (χ4v) is 2.08. The maximum Gasteiger partial charge on any atom is 0.217 e. The van der Waals surface area contributed by atoms with Gasteiger partial charge < -0.3 is 0 Å². The summed E-state index contributed by atoms with van der Waals surface area (Å²) in [6, 6.07) is 0. The molecule has 1 aliphatic heterocycles. The van der Waals surface area contributed by atoms with Crippen LogP contribution in [0.5, 0.6) is 0 Å². The molecule has 2 atom stereocenters. The van der Waals surface area contributed by atoms with Gasteiger partial charge in [0.2, 0.25) is 11.6 Å².